The van der Waals surface area contributed by atoms with Gasteiger partial charge in [-0.2, -0.15) is 0 Å². The van der Waals surface area contributed by atoms with Gasteiger partial charge in [0.2, 0.25) is 0 Å². The molecule has 1 atom stereocenters. The molecule has 1 unspecified atom stereocenters. The second-order valence-corrected chi connectivity index (χ2v) is 6.73. The van der Waals surface area contributed by atoms with Crippen molar-refractivity contribution < 1.29 is 4.74 Å². The van der Waals surface area contributed by atoms with Crippen LogP contribution in [0.1, 0.15) is 28.3 Å². The zero-order valence-corrected chi connectivity index (χ0v) is 13.4. The second kappa shape index (κ2) is 5.47. The fourth-order valence-corrected chi connectivity index (χ4v) is 4.05. The first-order chi connectivity index (χ1) is 10.3. The Kier molecular flexibility index (Phi) is 3.48. The van der Waals surface area contributed by atoms with Gasteiger partial charge < -0.3 is 10.1 Å². The molecule has 2 aliphatic rings. The summed E-state index contributed by atoms with van der Waals surface area (Å²) in [6.07, 6.45) is 3.13. The Morgan fingerprint density at radius 3 is 3.00 bits per heavy atom. The third-order valence-electron chi connectivity index (χ3n) is 4.46. The summed E-state index contributed by atoms with van der Waals surface area (Å²) >= 11 is 3.64. The molecule has 1 N–H and O–H groups in total. The predicted molar refractivity (Wildman–Crippen MR) is 87.9 cm³/mol. The van der Waals surface area contributed by atoms with Crippen LogP contribution < -0.4 is 10.1 Å². The highest BCUT2D eigenvalue weighted by molar-refractivity contribution is 9.10. The molecule has 0 aliphatic carbocycles. The molecule has 0 saturated heterocycles. The molecule has 0 aromatic heterocycles. The summed E-state index contributed by atoms with van der Waals surface area (Å²) < 4.78 is 7.02. The van der Waals surface area contributed by atoms with Crippen LogP contribution >= 0.6 is 15.9 Å². The summed E-state index contributed by atoms with van der Waals surface area (Å²) in [6.45, 7) is 1.87. The van der Waals surface area contributed by atoms with Crippen LogP contribution in [0.2, 0.25) is 0 Å². The first-order valence-electron chi connectivity index (χ1n) is 7.56. The lowest BCUT2D eigenvalue weighted by Gasteiger charge is -2.27. The molecular formula is C18H18BrNO. The van der Waals surface area contributed by atoms with E-state index in [1.54, 1.807) is 0 Å². The first-order valence-corrected chi connectivity index (χ1v) is 8.36. The molecule has 2 aromatic rings. The van der Waals surface area contributed by atoms with Crippen LogP contribution in [0.25, 0.3) is 0 Å². The molecule has 108 valence electrons. The maximum atomic E-state index is 5.87. The zero-order chi connectivity index (χ0) is 14.2. The fraction of sp³-hybridized carbons (Fsp3) is 0.333. The maximum absolute atomic E-state index is 5.87. The number of fused-ring (bicyclic) bond motifs is 2. The van der Waals surface area contributed by atoms with Crippen molar-refractivity contribution in [2.24, 2.45) is 0 Å². The topological polar surface area (TPSA) is 21.3 Å². The van der Waals surface area contributed by atoms with Crippen LogP contribution in [0.3, 0.4) is 0 Å². The highest BCUT2D eigenvalue weighted by atomic mass is 79.9. The summed E-state index contributed by atoms with van der Waals surface area (Å²) in [5.74, 6) is 1.11. The lowest BCUT2D eigenvalue weighted by atomic mass is 9.90. The van der Waals surface area contributed by atoms with Crippen molar-refractivity contribution in [2.75, 3.05) is 13.2 Å². The summed E-state index contributed by atoms with van der Waals surface area (Å²) in [6, 6.07) is 13.6. The van der Waals surface area contributed by atoms with E-state index in [1.807, 2.05) is 0 Å². The molecule has 2 aromatic carbocycles. The van der Waals surface area contributed by atoms with Crippen LogP contribution in [0.4, 0.5) is 0 Å². The molecule has 0 bridgehead atoms. The normalized spacial score (nSPS) is 19.8. The Balaban J connectivity index is 1.69. The average molecular weight is 344 g/mol. The van der Waals surface area contributed by atoms with Crippen molar-refractivity contribution in [3.8, 4) is 5.75 Å². The summed E-state index contributed by atoms with van der Waals surface area (Å²) in [7, 11) is 0. The Labute approximate surface area is 133 Å². The van der Waals surface area contributed by atoms with Gasteiger partial charge in [-0.05, 0) is 53.8 Å². The largest absolute Gasteiger partial charge is 0.493 e. The highest BCUT2D eigenvalue weighted by Crippen LogP contribution is 2.36. The highest BCUT2D eigenvalue weighted by Gasteiger charge is 2.23. The van der Waals surface area contributed by atoms with Crippen LogP contribution in [0.15, 0.2) is 40.9 Å². The van der Waals surface area contributed by atoms with Gasteiger partial charge in [-0.1, -0.05) is 40.2 Å². The van der Waals surface area contributed by atoms with E-state index in [0.29, 0.717) is 6.04 Å². The van der Waals surface area contributed by atoms with E-state index in [0.717, 1.165) is 42.6 Å². The van der Waals surface area contributed by atoms with Crippen molar-refractivity contribution in [1.82, 2.24) is 5.32 Å². The van der Waals surface area contributed by atoms with E-state index in [9.17, 15) is 0 Å². The lowest BCUT2D eigenvalue weighted by Crippen LogP contribution is -2.31. The van der Waals surface area contributed by atoms with Gasteiger partial charge in [0.15, 0.2) is 0 Å². The Morgan fingerprint density at radius 1 is 1.14 bits per heavy atom. The number of hydrogen-bond acceptors (Lipinski definition) is 2. The minimum Gasteiger partial charge on any atom is -0.493 e. The molecular weight excluding hydrogens is 326 g/mol. The monoisotopic (exact) mass is 343 g/mol. The van der Waals surface area contributed by atoms with E-state index in [4.69, 9.17) is 4.74 Å². The van der Waals surface area contributed by atoms with Crippen LogP contribution in [-0.4, -0.2) is 13.2 Å². The van der Waals surface area contributed by atoms with Crippen molar-refractivity contribution in [3.05, 3.63) is 63.1 Å². The van der Waals surface area contributed by atoms with Gasteiger partial charge in [-0.15, -0.1) is 0 Å². The molecule has 0 fully saturated rings. The molecule has 2 nitrogen and oxygen atoms in total. The second-order valence-electron chi connectivity index (χ2n) is 5.81. The van der Waals surface area contributed by atoms with Crippen molar-refractivity contribution in [3.63, 3.8) is 0 Å². The molecule has 0 radical (unpaired) electrons. The van der Waals surface area contributed by atoms with Crippen LogP contribution in [-0.2, 0) is 19.3 Å². The summed E-state index contributed by atoms with van der Waals surface area (Å²) in [5, 5.41) is 3.66. The van der Waals surface area contributed by atoms with Gasteiger partial charge in [0, 0.05) is 16.9 Å². The van der Waals surface area contributed by atoms with Gasteiger partial charge in [0.1, 0.15) is 5.75 Å². The molecule has 2 heterocycles. The van der Waals surface area contributed by atoms with Crippen molar-refractivity contribution in [1.29, 1.82) is 0 Å². The van der Waals surface area contributed by atoms with Gasteiger partial charge in [-0.3, -0.25) is 0 Å². The molecule has 2 aliphatic heterocycles. The smallest absolute Gasteiger partial charge is 0.125 e. The number of ether oxygens (including phenoxy) is 1. The SMILES string of the molecule is Brc1cc2c(c(CC3NCCc4ccccc43)c1)OCC2. The van der Waals surface area contributed by atoms with E-state index in [2.05, 4.69) is 57.6 Å². The zero-order valence-electron chi connectivity index (χ0n) is 11.9. The van der Waals surface area contributed by atoms with Gasteiger partial charge in [0.25, 0.3) is 0 Å². The fourth-order valence-electron chi connectivity index (χ4n) is 3.49. The van der Waals surface area contributed by atoms with Gasteiger partial charge in [-0.25, -0.2) is 0 Å². The van der Waals surface area contributed by atoms with Crippen molar-refractivity contribution >= 4 is 15.9 Å². The number of hydrogen-bond donors (Lipinski definition) is 1. The quantitative estimate of drug-likeness (QED) is 0.895. The Hall–Kier alpha value is -1.32. The number of rotatable bonds is 2. The number of halogens is 1. The molecule has 0 amide bonds. The summed E-state index contributed by atoms with van der Waals surface area (Å²) in [5.41, 5.74) is 5.57. The van der Waals surface area contributed by atoms with E-state index < -0.39 is 0 Å². The molecule has 4 rings (SSSR count). The molecule has 21 heavy (non-hydrogen) atoms. The number of benzene rings is 2. The first kappa shape index (κ1) is 13.4. The minimum absolute atomic E-state index is 0.387. The van der Waals surface area contributed by atoms with Crippen LogP contribution in [0.5, 0.6) is 5.75 Å². The minimum atomic E-state index is 0.387. The molecule has 0 saturated carbocycles. The average Bonchev–Trinajstić information content (AvgIpc) is 2.96. The predicted octanol–water partition coefficient (Wildman–Crippen LogP) is 3.81. The third-order valence-corrected chi connectivity index (χ3v) is 4.92. The van der Waals surface area contributed by atoms with Gasteiger partial charge >= 0.3 is 0 Å². The van der Waals surface area contributed by atoms with E-state index >= 15 is 0 Å². The molecule has 0 spiro atoms. The standard InChI is InChI=1S/C18H18BrNO/c19-15-9-13-6-8-21-18(13)14(10-15)11-17-16-4-2-1-3-12(16)5-7-20-17/h1-4,9-10,17,20H,5-8,11H2. The van der Waals surface area contributed by atoms with E-state index in [-0.39, 0.29) is 0 Å². The van der Waals surface area contributed by atoms with Gasteiger partial charge in [0.05, 0.1) is 6.61 Å². The Morgan fingerprint density at radius 2 is 2.05 bits per heavy atom. The Bertz CT molecular complexity index is 683. The third kappa shape index (κ3) is 2.49. The lowest BCUT2D eigenvalue weighted by molar-refractivity contribution is 0.351. The maximum Gasteiger partial charge on any atom is 0.125 e. The van der Waals surface area contributed by atoms with E-state index in [1.165, 1.54) is 22.3 Å². The van der Waals surface area contributed by atoms with Crippen molar-refractivity contribution in [2.45, 2.75) is 25.3 Å². The molecule has 3 heteroatoms. The number of nitrogens with one attached hydrogen (secondary N) is 1. The summed E-state index contributed by atoms with van der Waals surface area (Å²) in [4.78, 5) is 0. The van der Waals surface area contributed by atoms with Crippen LogP contribution in [0, 0.1) is 0 Å².